The van der Waals surface area contributed by atoms with Crippen molar-refractivity contribution in [1.29, 1.82) is 0 Å². The van der Waals surface area contributed by atoms with Crippen LogP contribution in [0.3, 0.4) is 0 Å². The van der Waals surface area contributed by atoms with Crippen LogP contribution in [0.2, 0.25) is 5.02 Å². The van der Waals surface area contributed by atoms with Gasteiger partial charge in [0, 0.05) is 23.7 Å². The van der Waals surface area contributed by atoms with Crippen molar-refractivity contribution in [3.05, 3.63) is 40.6 Å². The Balaban J connectivity index is 2.01. The van der Waals surface area contributed by atoms with Gasteiger partial charge in [-0.25, -0.2) is 0 Å². The summed E-state index contributed by atoms with van der Waals surface area (Å²) in [7, 11) is 0. The molecule has 1 atom stereocenters. The molecule has 0 bridgehead atoms. The molecular weight excluding hydrogens is 304 g/mol. The van der Waals surface area contributed by atoms with Crippen LogP contribution in [-0.2, 0) is 0 Å². The number of carbonyl (C=O) groups is 1. The molecule has 3 rings (SSSR count). The number of nitrogens with zero attached hydrogens (tertiary/aromatic N) is 2. The van der Waals surface area contributed by atoms with E-state index in [4.69, 9.17) is 16.1 Å². The van der Waals surface area contributed by atoms with Gasteiger partial charge in [-0.1, -0.05) is 28.9 Å². The Bertz CT molecular complexity index is 673. The molecule has 0 saturated carbocycles. The van der Waals surface area contributed by atoms with E-state index in [2.05, 4.69) is 5.16 Å². The fourth-order valence-electron chi connectivity index (χ4n) is 2.72. The highest BCUT2D eigenvalue weighted by molar-refractivity contribution is 6.30. The zero-order valence-electron chi connectivity index (χ0n) is 12.3. The van der Waals surface area contributed by atoms with Crippen molar-refractivity contribution in [2.75, 3.05) is 13.1 Å². The predicted molar refractivity (Wildman–Crippen MR) is 82.7 cm³/mol. The number of likely N-dealkylation sites (tertiary alicyclic amines) is 1. The predicted octanol–water partition coefficient (Wildman–Crippen LogP) is 3.28. The standard InChI is InChI=1S/C16H17ClN2O3/c1-10(20)13-14(11-4-6-12(17)7-5-11)18-22-15(13)16(21)19-8-2-3-9-19/h4-7,10,20H,2-3,8-9H2,1H3. The first-order valence-electron chi connectivity index (χ1n) is 7.31. The number of amides is 1. The van der Waals surface area contributed by atoms with E-state index in [-0.39, 0.29) is 11.7 Å². The highest BCUT2D eigenvalue weighted by Crippen LogP contribution is 2.32. The van der Waals surface area contributed by atoms with E-state index < -0.39 is 6.10 Å². The molecule has 22 heavy (non-hydrogen) atoms. The van der Waals surface area contributed by atoms with Gasteiger partial charge < -0.3 is 14.5 Å². The molecular formula is C16H17ClN2O3. The molecule has 1 aliphatic heterocycles. The van der Waals surface area contributed by atoms with Gasteiger partial charge in [0.25, 0.3) is 5.91 Å². The minimum atomic E-state index is -0.849. The van der Waals surface area contributed by atoms with Crippen LogP contribution < -0.4 is 0 Å². The zero-order valence-corrected chi connectivity index (χ0v) is 13.0. The van der Waals surface area contributed by atoms with Gasteiger partial charge in [0.1, 0.15) is 5.69 Å². The van der Waals surface area contributed by atoms with Gasteiger partial charge in [-0.15, -0.1) is 0 Å². The third-order valence-electron chi connectivity index (χ3n) is 3.85. The molecule has 1 saturated heterocycles. The van der Waals surface area contributed by atoms with Crippen molar-refractivity contribution in [2.24, 2.45) is 0 Å². The van der Waals surface area contributed by atoms with Crippen LogP contribution >= 0.6 is 11.6 Å². The molecule has 1 aromatic carbocycles. The number of hydrogen-bond donors (Lipinski definition) is 1. The molecule has 5 nitrogen and oxygen atoms in total. The van der Waals surface area contributed by atoms with E-state index in [0.29, 0.717) is 16.3 Å². The van der Waals surface area contributed by atoms with E-state index in [1.165, 1.54) is 0 Å². The number of carbonyl (C=O) groups excluding carboxylic acids is 1. The van der Waals surface area contributed by atoms with Crippen LogP contribution in [-0.4, -0.2) is 34.2 Å². The van der Waals surface area contributed by atoms with Crippen molar-refractivity contribution in [3.8, 4) is 11.3 Å². The molecule has 1 fully saturated rings. The molecule has 1 N–H and O–H groups in total. The van der Waals surface area contributed by atoms with Crippen LogP contribution in [0.25, 0.3) is 11.3 Å². The average molecular weight is 321 g/mol. The Labute approximate surface area is 133 Å². The molecule has 1 unspecified atom stereocenters. The fourth-order valence-corrected chi connectivity index (χ4v) is 2.84. The quantitative estimate of drug-likeness (QED) is 0.942. The summed E-state index contributed by atoms with van der Waals surface area (Å²) in [6.45, 7) is 3.04. The molecule has 1 amide bonds. The topological polar surface area (TPSA) is 66.6 Å². The second-order valence-corrected chi connectivity index (χ2v) is 5.89. The summed E-state index contributed by atoms with van der Waals surface area (Å²) < 4.78 is 5.28. The van der Waals surface area contributed by atoms with Crippen LogP contribution in [0, 0.1) is 0 Å². The number of rotatable bonds is 3. The molecule has 2 heterocycles. The lowest BCUT2D eigenvalue weighted by molar-refractivity contribution is 0.0743. The largest absolute Gasteiger partial charge is 0.388 e. The lowest BCUT2D eigenvalue weighted by Crippen LogP contribution is -2.28. The smallest absolute Gasteiger partial charge is 0.292 e. The summed E-state index contributed by atoms with van der Waals surface area (Å²) in [5, 5.41) is 14.7. The van der Waals surface area contributed by atoms with Gasteiger partial charge >= 0.3 is 0 Å². The number of aliphatic hydroxyl groups excluding tert-OH is 1. The zero-order chi connectivity index (χ0) is 15.7. The third-order valence-corrected chi connectivity index (χ3v) is 4.10. The van der Waals surface area contributed by atoms with Crippen molar-refractivity contribution in [1.82, 2.24) is 10.1 Å². The van der Waals surface area contributed by atoms with Gasteiger partial charge in [-0.2, -0.15) is 0 Å². The van der Waals surface area contributed by atoms with Crippen molar-refractivity contribution in [2.45, 2.75) is 25.9 Å². The minimum Gasteiger partial charge on any atom is -0.388 e. The van der Waals surface area contributed by atoms with E-state index >= 15 is 0 Å². The Kier molecular flexibility index (Phi) is 4.18. The highest BCUT2D eigenvalue weighted by Gasteiger charge is 2.30. The summed E-state index contributed by atoms with van der Waals surface area (Å²) in [5.74, 6) is -0.0806. The lowest BCUT2D eigenvalue weighted by Gasteiger charge is -2.14. The Hall–Kier alpha value is -1.85. The van der Waals surface area contributed by atoms with Crippen LogP contribution in [0.1, 0.15) is 42.0 Å². The number of aliphatic hydroxyl groups is 1. The molecule has 6 heteroatoms. The van der Waals surface area contributed by atoms with Crippen LogP contribution in [0.5, 0.6) is 0 Å². The number of benzene rings is 1. The first kappa shape index (κ1) is 15.1. The third kappa shape index (κ3) is 2.74. The normalized spacial score (nSPS) is 16.0. The second-order valence-electron chi connectivity index (χ2n) is 5.46. The molecule has 1 aliphatic rings. The maximum Gasteiger partial charge on any atom is 0.292 e. The fraction of sp³-hybridized carbons (Fsp3) is 0.375. The Morgan fingerprint density at radius 2 is 1.95 bits per heavy atom. The molecule has 2 aromatic rings. The van der Waals surface area contributed by atoms with Gasteiger partial charge in [-0.05, 0) is 31.9 Å². The number of hydrogen-bond acceptors (Lipinski definition) is 4. The van der Waals surface area contributed by atoms with Crippen molar-refractivity contribution < 1.29 is 14.4 Å². The van der Waals surface area contributed by atoms with Gasteiger partial charge in [0.15, 0.2) is 0 Å². The van der Waals surface area contributed by atoms with Crippen molar-refractivity contribution >= 4 is 17.5 Å². The summed E-state index contributed by atoms with van der Waals surface area (Å²) >= 11 is 5.89. The van der Waals surface area contributed by atoms with Gasteiger partial charge in [-0.3, -0.25) is 4.79 Å². The van der Waals surface area contributed by atoms with Gasteiger partial charge in [0.05, 0.1) is 11.7 Å². The van der Waals surface area contributed by atoms with E-state index in [9.17, 15) is 9.90 Å². The van der Waals surface area contributed by atoms with Crippen LogP contribution in [0.15, 0.2) is 28.8 Å². The second kappa shape index (κ2) is 6.10. The average Bonchev–Trinajstić information content (AvgIpc) is 3.17. The van der Waals surface area contributed by atoms with E-state index in [0.717, 1.165) is 31.5 Å². The lowest BCUT2D eigenvalue weighted by atomic mass is 10.0. The SMILES string of the molecule is CC(O)c1c(-c2ccc(Cl)cc2)noc1C(=O)N1CCCC1. The Morgan fingerprint density at radius 3 is 2.55 bits per heavy atom. The molecule has 116 valence electrons. The maximum atomic E-state index is 12.5. The monoisotopic (exact) mass is 320 g/mol. The molecule has 1 aromatic heterocycles. The first-order chi connectivity index (χ1) is 10.6. The van der Waals surface area contributed by atoms with E-state index in [1.807, 2.05) is 0 Å². The summed E-state index contributed by atoms with van der Waals surface area (Å²) in [5.41, 5.74) is 1.66. The van der Waals surface area contributed by atoms with Crippen molar-refractivity contribution in [3.63, 3.8) is 0 Å². The van der Waals surface area contributed by atoms with E-state index in [1.54, 1.807) is 36.1 Å². The summed E-state index contributed by atoms with van der Waals surface area (Å²) in [4.78, 5) is 14.3. The molecule has 0 aliphatic carbocycles. The first-order valence-corrected chi connectivity index (χ1v) is 7.68. The maximum absolute atomic E-state index is 12.5. The van der Waals surface area contributed by atoms with Crippen LogP contribution in [0.4, 0.5) is 0 Å². The highest BCUT2D eigenvalue weighted by atomic mass is 35.5. The summed E-state index contributed by atoms with van der Waals surface area (Å²) in [6, 6.07) is 7.05. The molecule has 0 radical (unpaired) electrons. The Morgan fingerprint density at radius 1 is 1.32 bits per heavy atom. The molecule has 0 spiro atoms. The number of aromatic nitrogens is 1. The van der Waals surface area contributed by atoms with Gasteiger partial charge in [0.2, 0.25) is 5.76 Å². The summed E-state index contributed by atoms with van der Waals surface area (Å²) in [6.07, 6.45) is 1.14. The number of halogens is 1. The minimum absolute atomic E-state index is 0.127.